The van der Waals surface area contributed by atoms with E-state index < -0.39 is 11.2 Å². The Morgan fingerprint density at radius 1 is 1.88 bits per heavy atom. The van der Waals surface area contributed by atoms with Gasteiger partial charge in [-0.15, -0.1) is 12.4 Å². The number of aliphatic carboxylic acids is 1. The summed E-state index contributed by atoms with van der Waals surface area (Å²) in [5.74, 6) is -0.868. The van der Waals surface area contributed by atoms with Crippen molar-refractivity contribution >= 4 is 30.3 Å². The van der Waals surface area contributed by atoms with Gasteiger partial charge in [0.15, 0.2) is 0 Å². The number of hydrogen-bond donors (Lipinski definition) is 2. The van der Waals surface area contributed by atoms with Gasteiger partial charge in [-0.3, -0.25) is 9.93 Å². The summed E-state index contributed by atoms with van der Waals surface area (Å²) >= 11 is 0.833. The molecular formula is C3H8ClNO2S. The summed E-state index contributed by atoms with van der Waals surface area (Å²) in [7, 11) is 0. The van der Waals surface area contributed by atoms with Gasteiger partial charge in [0.25, 0.3) is 0 Å². The Hall–Kier alpha value is 0.0700. The van der Waals surface area contributed by atoms with Crippen LogP contribution in [0.4, 0.5) is 0 Å². The third-order valence-electron chi connectivity index (χ3n) is 0.552. The molecule has 0 amide bonds. The largest absolute Gasteiger partial charge is 0.480 e. The fourth-order valence-corrected chi connectivity index (χ4v) is 0.175. The van der Waals surface area contributed by atoms with Gasteiger partial charge in [0.1, 0.15) is 5.25 Å². The van der Waals surface area contributed by atoms with E-state index in [0.717, 1.165) is 11.9 Å². The van der Waals surface area contributed by atoms with Crippen molar-refractivity contribution in [2.45, 2.75) is 12.2 Å². The predicted molar refractivity (Wildman–Crippen MR) is 36.1 cm³/mol. The van der Waals surface area contributed by atoms with Crippen molar-refractivity contribution in [3.8, 4) is 0 Å². The fraction of sp³-hybridized carbons (Fsp3) is 0.667. The SMILES string of the molecule is C[C@@H](SN)C(=O)O.Cl. The fourth-order valence-electron chi connectivity index (χ4n) is 0.0582. The maximum Gasteiger partial charge on any atom is 0.317 e. The zero-order valence-electron chi connectivity index (χ0n) is 4.33. The molecule has 0 spiro atoms. The number of carbonyl (C=O) groups is 1. The van der Waals surface area contributed by atoms with E-state index in [-0.39, 0.29) is 12.4 Å². The average Bonchev–Trinajstić information content (AvgIpc) is 1.65. The van der Waals surface area contributed by atoms with Crippen LogP contribution in [-0.2, 0) is 4.79 Å². The Kier molecular flexibility index (Phi) is 7.13. The molecule has 0 aliphatic rings. The maximum atomic E-state index is 9.83. The zero-order valence-corrected chi connectivity index (χ0v) is 5.96. The first kappa shape index (κ1) is 10.9. The first-order valence-corrected chi connectivity index (χ1v) is 2.71. The number of nitrogens with two attached hydrogens (primary N) is 1. The molecule has 0 rings (SSSR count). The van der Waals surface area contributed by atoms with Crippen molar-refractivity contribution in [2.24, 2.45) is 5.14 Å². The van der Waals surface area contributed by atoms with Crippen LogP contribution in [0.25, 0.3) is 0 Å². The molecule has 8 heavy (non-hydrogen) atoms. The third-order valence-corrected chi connectivity index (χ3v) is 1.16. The minimum Gasteiger partial charge on any atom is -0.480 e. The van der Waals surface area contributed by atoms with Crippen molar-refractivity contribution in [3.63, 3.8) is 0 Å². The molecule has 0 aliphatic carbocycles. The van der Waals surface area contributed by atoms with E-state index in [4.69, 9.17) is 10.2 Å². The van der Waals surface area contributed by atoms with E-state index in [1.807, 2.05) is 0 Å². The lowest BCUT2D eigenvalue weighted by Crippen LogP contribution is -2.13. The van der Waals surface area contributed by atoms with Gasteiger partial charge in [-0.1, -0.05) is 11.9 Å². The minimum absolute atomic E-state index is 0. The lowest BCUT2D eigenvalue weighted by atomic mass is 10.5. The van der Waals surface area contributed by atoms with E-state index in [1.165, 1.54) is 6.92 Å². The highest BCUT2D eigenvalue weighted by Gasteiger charge is 2.06. The van der Waals surface area contributed by atoms with Crippen LogP contribution in [-0.4, -0.2) is 16.3 Å². The van der Waals surface area contributed by atoms with Crippen molar-refractivity contribution in [2.75, 3.05) is 0 Å². The second-order valence-corrected chi connectivity index (χ2v) is 2.10. The Bertz CT molecular complexity index is 79.7. The van der Waals surface area contributed by atoms with Gasteiger partial charge in [-0.05, 0) is 6.92 Å². The Labute approximate surface area is 58.2 Å². The van der Waals surface area contributed by atoms with Crippen molar-refractivity contribution < 1.29 is 9.90 Å². The topological polar surface area (TPSA) is 63.3 Å². The summed E-state index contributed by atoms with van der Waals surface area (Å²) < 4.78 is 0. The van der Waals surface area contributed by atoms with Gasteiger partial charge in [0.05, 0.1) is 0 Å². The van der Waals surface area contributed by atoms with Gasteiger partial charge >= 0.3 is 5.97 Å². The summed E-state index contributed by atoms with van der Waals surface area (Å²) in [4.78, 5) is 9.83. The van der Waals surface area contributed by atoms with Crippen LogP contribution in [0, 0.1) is 0 Å². The Balaban J connectivity index is 0. The lowest BCUT2D eigenvalue weighted by molar-refractivity contribution is -0.136. The van der Waals surface area contributed by atoms with E-state index in [0.29, 0.717) is 0 Å². The molecule has 50 valence electrons. The molecule has 3 N–H and O–H groups in total. The minimum atomic E-state index is -0.868. The molecular weight excluding hydrogens is 150 g/mol. The van der Waals surface area contributed by atoms with E-state index in [1.54, 1.807) is 0 Å². The monoisotopic (exact) mass is 157 g/mol. The van der Waals surface area contributed by atoms with Crippen LogP contribution in [0.5, 0.6) is 0 Å². The highest BCUT2D eigenvalue weighted by Crippen LogP contribution is 1.98. The molecule has 3 nitrogen and oxygen atoms in total. The highest BCUT2D eigenvalue weighted by atomic mass is 35.5. The number of carboxylic acids is 1. The van der Waals surface area contributed by atoms with Gasteiger partial charge in [-0.2, -0.15) is 0 Å². The summed E-state index contributed by atoms with van der Waals surface area (Å²) in [6.45, 7) is 1.53. The lowest BCUT2D eigenvalue weighted by Gasteiger charge is -1.95. The van der Waals surface area contributed by atoms with E-state index >= 15 is 0 Å². The summed E-state index contributed by atoms with van der Waals surface area (Å²) in [6, 6.07) is 0. The number of rotatable bonds is 2. The molecule has 0 radical (unpaired) electrons. The quantitative estimate of drug-likeness (QED) is 0.573. The van der Waals surface area contributed by atoms with Crippen LogP contribution in [0.2, 0.25) is 0 Å². The van der Waals surface area contributed by atoms with Crippen molar-refractivity contribution in [1.82, 2.24) is 0 Å². The first-order chi connectivity index (χ1) is 3.18. The Morgan fingerprint density at radius 2 is 2.25 bits per heavy atom. The highest BCUT2D eigenvalue weighted by molar-refractivity contribution is 7.98. The van der Waals surface area contributed by atoms with Crippen LogP contribution >= 0.6 is 24.4 Å². The zero-order chi connectivity index (χ0) is 5.86. The van der Waals surface area contributed by atoms with E-state index in [2.05, 4.69) is 0 Å². The molecule has 0 bridgehead atoms. The third kappa shape index (κ3) is 4.23. The van der Waals surface area contributed by atoms with Crippen molar-refractivity contribution in [3.05, 3.63) is 0 Å². The standard InChI is InChI=1S/C3H7NO2S.ClH/c1-2(7-4)3(5)6;/h2H,4H2,1H3,(H,5,6);1H/t2-;/m1./s1. The summed E-state index contributed by atoms with van der Waals surface area (Å²) in [5, 5.41) is 12.5. The molecule has 0 fully saturated rings. The molecule has 0 saturated carbocycles. The van der Waals surface area contributed by atoms with E-state index in [9.17, 15) is 4.79 Å². The molecule has 1 atom stereocenters. The van der Waals surface area contributed by atoms with Gasteiger partial charge in [-0.25, -0.2) is 0 Å². The molecule has 0 saturated heterocycles. The van der Waals surface area contributed by atoms with Crippen LogP contribution in [0.1, 0.15) is 6.92 Å². The van der Waals surface area contributed by atoms with Crippen LogP contribution in [0.15, 0.2) is 0 Å². The molecule has 0 aromatic rings. The maximum absolute atomic E-state index is 9.83. The average molecular weight is 158 g/mol. The number of carboxylic acid groups (broad SMARTS) is 1. The summed E-state index contributed by atoms with van der Waals surface area (Å²) in [6.07, 6.45) is 0. The second kappa shape index (κ2) is 5.21. The smallest absolute Gasteiger partial charge is 0.317 e. The molecule has 0 unspecified atom stereocenters. The number of halogens is 1. The van der Waals surface area contributed by atoms with Crippen LogP contribution < -0.4 is 5.14 Å². The first-order valence-electron chi connectivity index (χ1n) is 1.77. The molecule has 0 heterocycles. The molecule has 0 aromatic heterocycles. The summed E-state index contributed by atoms with van der Waals surface area (Å²) in [5.41, 5.74) is 0. The van der Waals surface area contributed by atoms with Gasteiger partial charge in [0, 0.05) is 0 Å². The van der Waals surface area contributed by atoms with Gasteiger partial charge in [0.2, 0.25) is 0 Å². The number of hydrogen-bond acceptors (Lipinski definition) is 3. The second-order valence-electron chi connectivity index (χ2n) is 1.12. The molecule has 5 heteroatoms. The van der Waals surface area contributed by atoms with Crippen molar-refractivity contribution in [1.29, 1.82) is 0 Å². The molecule has 0 aliphatic heterocycles. The predicted octanol–water partition coefficient (Wildman–Crippen LogP) is 0.488. The normalized spacial score (nSPS) is 11.8. The Morgan fingerprint density at radius 3 is 2.25 bits per heavy atom. The molecule has 0 aromatic carbocycles. The van der Waals surface area contributed by atoms with Crippen LogP contribution in [0.3, 0.4) is 0 Å². The van der Waals surface area contributed by atoms with Gasteiger partial charge < -0.3 is 5.11 Å².